The van der Waals surface area contributed by atoms with E-state index < -0.39 is 6.03 Å². The molecule has 160 valence electrons. The number of hydrogen-bond donors (Lipinski definition) is 3. The molecular weight excluding hydrogens is 390 g/mol. The summed E-state index contributed by atoms with van der Waals surface area (Å²) in [5.41, 5.74) is 9.03. The summed E-state index contributed by atoms with van der Waals surface area (Å²) in [6.07, 6.45) is 5.39. The number of benzene rings is 2. The van der Waals surface area contributed by atoms with Crippen molar-refractivity contribution < 1.29 is 9.90 Å². The fourth-order valence-electron chi connectivity index (χ4n) is 4.03. The van der Waals surface area contributed by atoms with E-state index in [-0.39, 0.29) is 12.5 Å². The van der Waals surface area contributed by atoms with Crippen LogP contribution in [0.4, 0.5) is 10.5 Å². The zero-order valence-electron chi connectivity index (χ0n) is 17.4. The van der Waals surface area contributed by atoms with Gasteiger partial charge in [0.15, 0.2) is 0 Å². The van der Waals surface area contributed by atoms with Gasteiger partial charge in [-0.05, 0) is 42.6 Å². The highest BCUT2D eigenvalue weighted by atomic mass is 16.3. The summed E-state index contributed by atoms with van der Waals surface area (Å²) in [5, 5.41) is 13.9. The lowest BCUT2D eigenvalue weighted by atomic mass is 9.96. The number of aromatic nitrogens is 1. The maximum absolute atomic E-state index is 12.5. The molecule has 0 aliphatic carbocycles. The van der Waals surface area contributed by atoms with Crippen LogP contribution >= 0.6 is 0 Å². The summed E-state index contributed by atoms with van der Waals surface area (Å²) in [5.74, 6) is 0.424. The number of carbonyl (C=O) groups excluding carboxylic acids is 1. The van der Waals surface area contributed by atoms with Crippen LogP contribution in [-0.4, -0.2) is 39.9 Å². The molecule has 7 heteroatoms. The highest BCUT2D eigenvalue weighted by Gasteiger charge is 2.23. The molecule has 1 fully saturated rings. The number of likely N-dealkylation sites (tertiary alicyclic amines) is 1. The number of aliphatic hydroxyl groups is 1. The topological polar surface area (TPSA) is 104 Å². The van der Waals surface area contributed by atoms with E-state index in [2.05, 4.69) is 20.2 Å². The van der Waals surface area contributed by atoms with E-state index in [1.807, 2.05) is 48.5 Å². The minimum absolute atomic E-state index is 0.0490. The van der Waals surface area contributed by atoms with E-state index in [1.54, 1.807) is 12.4 Å². The molecule has 0 bridgehead atoms. The number of nitrogens with one attached hydrogen (secondary N) is 1. The third-order valence-electron chi connectivity index (χ3n) is 5.69. The first-order valence-electron chi connectivity index (χ1n) is 10.5. The summed E-state index contributed by atoms with van der Waals surface area (Å²) in [4.78, 5) is 23.1. The molecule has 2 aromatic carbocycles. The van der Waals surface area contributed by atoms with Crippen molar-refractivity contribution in [1.29, 1.82) is 0 Å². The Morgan fingerprint density at radius 3 is 2.81 bits per heavy atom. The summed E-state index contributed by atoms with van der Waals surface area (Å²) >= 11 is 0. The van der Waals surface area contributed by atoms with Gasteiger partial charge in [-0.15, -0.1) is 0 Å². The monoisotopic (exact) mass is 417 g/mol. The van der Waals surface area contributed by atoms with Crippen LogP contribution in [0.3, 0.4) is 0 Å². The van der Waals surface area contributed by atoms with Crippen molar-refractivity contribution in [3.05, 3.63) is 72.1 Å². The Labute approximate surface area is 181 Å². The van der Waals surface area contributed by atoms with Crippen molar-refractivity contribution in [1.82, 2.24) is 9.88 Å². The van der Waals surface area contributed by atoms with Gasteiger partial charge in [-0.25, -0.2) is 4.79 Å². The number of anilines is 1. The predicted octanol–water partition coefficient (Wildman–Crippen LogP) is 3.53. The second kappa shape index (κ2) is 9.68. The van der Waals surface area contributed by atoms with E-state index in [1.165, 1.54) is 5.56 Å². The molecule has 0 radical (unpaired) electrons. The Bertz CT molecular complexity index is 1080. The SMILES string of the molecule is N/C(=N\C(=O)Nc1cccc2cnccc12)C1CCCN(Cc2ccc(CO)cc2)C1. The largest absolute Gasteiger partial charge is 0.392 e. The van der Waals surface area contributed by atoms with E-state index >= 15 is 0 Å². The van der Waals surface area contributed by atoms with Gasteiger partial charge in [-0.1, -0.05) is 36.4 Å². The van der Waals surface area contributed by atoms with Gasteiger partial charge >= 0.3 is 6.03 Å². The molecule has 4 N–H and O–H groups in total. The number of aliphatic imine (C=N–C) groups is 1. The van der Waals surface area contributed by atoms with Gasteiger partial charge in [-0.2, -0.15) is 4.99 Å². The average Bonchev–Trinajstić information content (AvgIpc) is 2.80. The molecule has 7 nitrogen and oxygen atoms in total. The fourth-order valence-corrected chi connectivity index (χ4v) is 4.03. The van der Waals surface area contributed by atoms with E-state index in [4.69, 9.17) is 5.73 Å². The lowest BCUT2D eigenvalue weighted by Crippen LogP contribution is -2.41. The first-order chi connectivity index (χ1) is 15.1. The minimum atomic E-state index is -0.460. The molecule has 0 spiro atoms. The van der Waals surface area contributed by atoms with Crippen molar-refractivity contribution >= 4 is 28.3 Å². The van der Waals surface area contributed by atoms with Crippen LogP contribution in [0.5, 0.6) is 0 Å². The van der Waals surface area contributed by atoms with E-state index in [0.29, 0.717) is 11.5 Å². The number of urea groups is 1. The van der Waals surface area contributed by atoms with Gasteiger partial charge < -0.3 is 16.2 Å². The summed E-state index contributed by atoms with van der Waals surface area (Å²) in [6.45, 7) is 2.62. The third-order valence-corrected chi connectivity index (χ3v) is 5.69. The number of nitrogens with two attached hydrogens (primary N) is 1. The fraction of sp³-hybridized carbons (Fsp3) is 0.292. The average molecular weight is 418 g/mol. The summed E-state index contributed by atoms with van der Waals surface area (Å²) in [7, 11) is 0. The molecule has 1 saturated heterocycles. The Kier molecular flexibility index (Phi) is 6.54. The highest BCUT2D eigenvalue weighted by molar-refractivity contribution is 6.05. The second-order valence-electron chi connectivity index (χ2n) is 7.92. The van der Waals surface area contributed by atoms with Crippen LogP contribution in [0.2, 0.25) is 0 Å². The number of pyridine rings is 1. The molecule has 2 amide bonds. The number of hydrogen-bond acceptors (Lipinski definition) is 4. The van der Waals surface area contributed by atoms with Gasteiger partial charge in [0.25, 0.3) is 0 Å². The Morgan fingerprint density at radius 2 is 2.00 bits per heavy atom. The first kappa shape index (κ1) is 21.0. The van der Waals surface area contributed by atoms with Crippen molar-refractivity contribution in [2.45, 2.75) is 26.0 Å². The lowest BCUT2D eigenvalue weighted by Gasteiger charge is -2.32. The van der Waals surface area contributed by atoms with Crippen molar-refractivity contribution in [2.24, 2.45) is 16.6 Å². The molecule has 1 aliphatic rings. The molecular formula is C24H27N5O2. The zero-order valence-corrected chi connectivity index (χ0v) is 17.4. The second-order valence-corrected chi connectivity index (χ2v) is 7.92. The minimum Gasteiger partial charge on any atom is -0.392 e. The van der Waals surface area contributed by atoms with Crippen molar-refractivity contribution in [2.75, 3.05) is 18.4 Å². The van der Waals surface area contributed by atoms with Crippen LogP contribution in [0.1, 0.15) is 24.0 Å². The molecule has 1 atom stereocenters. The maximum atomic E-state index is 12.5. The Balaban J connectivity index is 1.39. The Morgan fingerprint density at radius 1 is 1.19 bits per heavy atom. The number of nitrogens with zero attached hydrogens (tertiary/aromatic N) is 3. The quantitative estimate of drug-likeness (QED) is 0.435. The standard InChI is InChI=1S/C24H27N5O2/c25-23(28-24(31)27-22-5-1-3-19-13-26-11-10-21(19)22)20-4-2-12-29(15-20)14-17-6-8-18(16-30)9-7-17/h1,3,5-11,13,20,30H,2,4,12,14-16H2,(H3,25,27,28,31). The predicted molar refractivity (Wildman–Crippen MR) is 123 cm³/mol. The number of aliphatic hydroxyl groups excluding tert-OH is 1. The molecule has 3 aromatic rings. The molecule has 1 unspecified atom stereocenters. The van der Waals surface area contributed by atoms with Gasteiger partial charge in [0, 0.05) is 42.2 Å². The third kappa shape index (κ3) is 5.25. The number of rotatable bonds is 5. The van der Waals surface area contributed by atoms with Crippen LogP contribution < -0.4 is 11.1 Å². The molecule has 4 rings (SSSR count). The Hall–Kier alpha value is -3.29. The number of amides is 2. The summed E-state index contributed by atoms with van der Waals surface area (Å²) < 4.78 is 0. The smallest absolute Gasteiger partial charge is 0.347 e. The van der Waals surface area contributed by atoms with Crippen molar-refractivity contribution in [3.8, 4) is 0 Å². The molecule has 1 aromatic heterocycles. The van der Waals surface area contributed by atoms with Crippen molar-refractivity contribution in [3.63, 3.8) is 0 Å². The zero-order chi connectivity index (χ0) is 21.6. The van der Waals surface area contributed by atoms with Gasteiger partial charge in [0.05, 0.1) is 12.3 Å². The molecule has 2 heterocycles. The lowest BCUT2D eigenvalue weighted by molar-refractivity contribution is 0.196. The van der Waals surface area contributed by atoms with Gasteiger partial charge in [-0.3, -0.25) is 9.88 Å². The first-order valence-corrected chi connectivity index (χ1v) is 10.5. The number of carbonyl (C=O) groups is 1. The number of amidine groups is 1. The van der Waals surface area contributed by atoms with Crippen LogP contribution in [0, 0.1) is 5.92 Å². The highest BCUT2D eigenvalue weighted by Crippen LogP contribution is 2.23. The van der Waals surface area contributed by atoms with Gasteiger partial charge in [0.1, 0.15) is 5.84 Å². The molecule has 0 saturated carbocycles. The van der Waals surface area contributed by atoms with Crippen LogP contribution in [-0.2, 0) is 13.2 Å². The van der Waals surface area contributed by atoms with Crippen LogP contribution in [0.25, 0.3) is 10.8 Å². The van der Waals surface area contributed by atoms with E-state index in [9.17, 15) is 9.90 Å². The molecule has 31 heavy (non-hydrogen) atoms. The number of piperidine rings is 1. The van der Waals surface area contributed by atoms with Gasteiger partial charge in [0.2, 0.25) is 0 Å². The number of fused-ring (bicyclic) bond motifs is 1. The van der Waals surface area contributed by atoms with Crippen LogP contribution in [0.15, 0.2) is 65.9 Å². The maximum Gasteiger partial charge on any atom is 0.347 e. The summed E-state index contributed by atoms with van der Waals surface area (Å²) in [6, 6.07) is 15.0. The van der Waals surface area contributed by atoms with E-state index in [0.717, 1.165) is 48.8 Å². The molecule has 1 aliphatic heterocycles. The normalized spacial score (nSPS) is 17.6.